The van der Waals surface area contributed by atoms with Crippen LogP contribution in [0.1, 0.15) is 12.5 Å². The summed E-state index contributed by atoms with van der Waals surface area (Å²) >= 11 is 0. The van der Waals surface area contributed by atoms with Crippen LogP contribution in [0.15, 0.2) is 84.5 Å². The van der Waals surface area contributed by atoms with Crippen LogP contribution in [0.4, 0.5) is 11.4 Å². The van der Waals surface area contributed by atoms with Gasteiger partial charge in [0, 0.05) is 11.4 Å². The predicted octanol–water partition coefficient (Wildman–Crippen LogP) is 3.77. The van der Waals surface area contributed by atoms with Crippen LogP contribution in [0.2, 0.25) is 0 Å². The van der Waals surface area contributed by atoms with Gasteiger partial charge in [0.1, 0.15) is 18.1 Å². The van der Waals surface area contributed by atoms with Crippen molar-refractivity contribution < 1.29 is 33.3 Å². The third-order valence-corrected chi connectivity index (χ3v) is 5.07. The summed E-state index contributed by atoms with van der Waals surface area (Å²) in [6.07, 6.45) is 2.96. The van der Waals surface area contributed by atoms with Crippen LogP contribution in [0.25, 0.3) is 0 Å². The van der Waals surface area contributed by atoms with Crippen molar-refractivity contribution >= 4 is 35.3 Å². The molecule has 0 aliphatic carbocycles. The highest BCUT2D eigenvalue weighted by molar-refractivity contribution is 6.39. The molecule has 3 aromatic carbocycles. The van der Waals surface area contributed by atoms with Gasteiger partial charge in [-0.15, -0.1) is 0 Å². The number of rotatable bonds is 13. The summed E-state index contributed by atoms with van der Waals surface area (Å²) in [5.41, 5.74) is 3.77. The van der Waals surface area contributed by atoms with Gasteiger partial charge < -0.3 is 29.6 Å². The standard InChI is InChI=1S/C29H30N4O7/c1-4-16-39-24-13-9-22(10-14-24)32-28(35)29(36)33-30-18-20-6-15-25(26(17-20)38-5-2)40-19-27(34)31-21-7-11-23(37-3)12-8-21/h4,6-15,17-18H,1,5,16,19H2,2-3H3,(H,31,34)(H,32,35)(H,33,36)/b30-18-. The van der Waals surface area contributed by atoms with Gasteiger partial charge >= 0.3 is 11.8 Å². The summed E-state index contributed by atoms with van der Waals surface area (Å²) in [7, 11) is 1.56. The Labute approximate surface area is 231 Å². The van der Waals surface area contributed by atoms with Gasteiger partial charge in [-0.25, -0.2) is 5.43 Å². The van der Waals surface area contributed by atoms with Crippen molar-refractivity contribution in [2.24, 2.45) is 5.10 Å². The highest BCUT2D eigenvalue weighted by Gasteiger charge is 2.13. The second-order valence-corrected chi connectivity index (χ2v) is 7.98. The minimum Gasteiger partial charge on any atom is -0.497 e. The summed E-state index contributed by atoms with van der Waals surface area (Å²) in [5.74, 6) is -0.164. The molecule has 0 spiro atoms. The summed E-state index contributed by atoms with van der Waals surface area (Å²) in [6.45, 7) is 5.85. The van der Waals surface area contributed by atoms with Crippen molar-refractivity contribution in [3.8, 4) is 23.0 Å². The Morgan fingerprint density at radius 3 is 2.15 bits per heavy atom. The van der Waals surface area contributed by atoms with Gasteiger partial charge in [-0.3, -0.25) is 14.4 Å². The average molecular weight is 547 g/mol. The fourth-order valence-electron chi connectivity index (χ4n) is 3.20. The number of ether oxygens (including phenoxy) is 4. The molecule has 0 aliphatic rings. The van der Waals surface area contributed by atoms with Crippen molar-refractivity contribution in [3.63, 3.8) is 0 Å². The number of hydrogen-bond acceptors (Lipinski definition) is 8. The van der Waals surface area contributed by atoms with Crippen LogP contribution in [0.5, 0.6) is 23.0 Å². The number of benzene rings is 3. The summed E-state index contributed by atoms with van der Waals surface area (Å²) in [5, 5.41) is 9.04. The van der Waals surface area contributed by atoms with Crippen LogP contribution < -0.4 is 35.0 Å². The molecule has 3 amide bonds. The minimum atomic E-state index is -0.948. The molecule has 0 aromatic heterocycles. The van der Waals surface area contributed by atoms with Gasteiger partial charge in [-0.2, -0.15) is 5.10 Å². The Hall–Kier alpha value is -5.32. The maximum absolute atomic E-state index is 12.3. The van der Waals surface area contributed by atoms with E-state index in [1.807, 2.05) is 6.92 Å². The van der Waals surface area contributed by atoms with Gasteiger partial charge in [-0.1, -0.05) is 12.7 Å². The molecule has 3 rings (SSSR count). The minimum absolute atomic E-state index is 0.241. The first-order valence-electron chi connectivity index (χ1n) is 12.2. The lowest BCUT2D eigenvalue weighted by molar-refractivity contribution is -0.136. The molecule has 0 atom stereocenters. The lowest BCUT2D eigenvalue weighted by Crippen LogP contribution is -2.32. The van der Waals surface area contributed by atoms with Crippen molar-refractivity contribution in [3.05, 3.63) is 84.9 Å². The van der Waals surface area contributed by atoms with Crippen molar-refractivity contribution in [1.29, 1.82) is 0 Å². The zero-order valence-corrected chi connectivity index (χ0v) is 22.1. The third kappa shape index (κ3) is 9.21. The second-order valence-electron chi connectivity index (χ2n) is 7.98. The number of anilines is 2. The van der Waals surface area contributed by atoms with Crippen molar-refractivity contribution in [2.75, 3.05) is 37.6 Å². The zero-order valence-electron chi connectivity index (χ0n) is 22.1. The van der Waals surface area contributed by atoms with E-state index in [1.54, 1.807) is 79.9 Å². The zero-order chi connectivity index (χ0) is 28.7. The fraction of sp³-hybridized carbons (Fsp3) is 0.172. The van der Waals surface area contributed by atoms with Gasteiger partial charge in [-0.05, 0) is 79.2 Å². The number of nitrogens with one attached hydrogen (secondary N) is 3. The Morgan fingerprint density at radius 2 is 1.50 bits per heavy atom. The van der Waals surface area contributed by atoms with Gasteiger partial charge in [0.2, 0.25) is 0 Å². The van der Waals surface area contributed by atoms with E-state index in [-0.39, 0.29) is 12.5 Å². The first kappa shape index (κ1) is 29.2. The maximum Gasteiger partial charge on any atom is 0.329 e. The SMILES string of the molecule is C=CCOc1ccc(NC(=O)C(=O)N/N=C\c2ccc(OCC(=O)Nc3ccc(OC)cc3)c(OCC)c2)cc1. The van der Waals surface area contributed by atoms with E-state index in [2.05, 4.69) is 27.7 Å². The van der Waals surface area contributed by atoms with Gasteiger partial charge in [0.15, 0.2) is 18.1 Å². The van der Waals surface area contributed by atoms with E-state index < -0.39 is 11.8 Å². The van der Waals surface area contributed by atoms with E-state index in [1.165, 1.54) is 6.21 Å². The smallest absolute Gasteiger partial charge is 0.329 e. The van der Waals surface area contributed by atoms with Crippen LogP contribution in [-0.4, -0.2) is 50.9 Å². The molecular formula is C29H30N4O7. The number of carbonyl (C=O) groups is 3. The van der Waals surface area contributed by atoms with E-state index in [9.17, 15) is 14.4 Å². The molecule has 11 heteroatoms. The number of hydrogen-bond donors (Lipinski definition) is 3. The van der Waals surface area contributed by atoms with Crippen LogP contribution in [-0.2, 0) is 14.4 Å². The second kappa shape index (κ2) is 15.2. The molecule has 0 saturated heterocycles. The van der Waals surface area contributed by atoms with Crippen molar-refractivity contribution in [2.45, 2.75) is 6.92 Å². The summed E-state index contributed by atoms with van der Waals surface area (Å²) < 4.78 is 21.7. The van der Waals surface area contributed by atoms with Crippen molar-refractivity contribution in [1.82, 2.24) is 5.43 Å². The molecule has 40 heavy (non-hydrogen) atoms. The van der Waals surface area contributed by atoms with Gasteiger partial charge in [0.25, 0.3) is 5.91 Å². The largest absolute Gasteiger partial charge is 0.497 e. The quantitative estimate of drug-likeness (QED) is 0.129. The lowest BCUT2D eigenvalue weighted by atomic mass is 10.2. The van der Waals surface area contributed by atoms with E-state index in [0.717, 1.165) is 0 Å². The molecule has 11 nitrogen and oxygen atoms in total. The van der Waals surface area contributed by atoms with E-state index >= 15 is 0 Å². The van der Waals surface area contributed by atoms with E-state index in [4.69, 9.17) is 18.9 Å². The normalized spacial score (nSPS) is 10.3. The molecule has 3 N–H and O–H groups in total. The molecule has 0 bridgehead atoms. The topological polar surface area (TPSA) is 137 Å². The molecule has 0 heterocycles. The number of hydrazone groups is 1. The number of methoxy groups -OCH3 is 1. The molecule has 0 aliphatic heterocycles. The predicted molar refractivity (Wildman–Crippen MR) is 151 cm³/mol. The summed E-state index contributed by atoms with van der Waals surface area (Å²) in [6, 6.07) is 18.3. The highest BCUT2D eigenvalue weighted by Crippen LogP contribution is 2.28. The average Bonchev–Trinajstić information content (AvgIpc) is 2.97. The maximum atomic E-state index is 12.3. The highest BCUT2D eigenvalue weighted by atomic mass is 16.5. The molecule has 3 aromatic rings. The Morgan fingerprint density at radius 1 is 0.825 bits per heavy atom. The molecule has 0 saturated carbocycles. The molecule has 0 unspecified atom stereocenters. The number of amides is 3. The Bertz CT molecular complexity index is 1340. The monoisotopic (exact) mass is 546 g/mol. The van der Waals surface area contributed by atoms with Crippen LogP contribution >= 0.6 is 0 Å². The molecule has 0 fully saturated rings. The fourth-order valence-corrected chi connectivity index (χ4v) is 3.20. The Balaban J connectivity index is 1.51. The van der Waals surface area contributed by atoms with E-state index in [0.29, 0.717) is 53.2 Å². The molecular weight excluding hydrogens is 516 g/mol. The third-order valence-electron chi connectivity index (χ3n) is 5.07. The van der Waals surface area contributed by atoms with Crippen LogP contribution in [0.3, 0.4) is 0 Å². The molecule has 0 radical (unpaired) electrons. The molecule has 208 valence electrons. The summed E-state index contributed by atoms with van der Waals surface area (Å²) in [4.78, 5) is 36.6. The lowest BCUT2D eigenvalue weighted by Gasteiger charge is -2.13. The number of carbonyl (C=O) groups excluding carboxylic acids is 3. The number of nitrogens with zero attached hydrogens (tertiary/aromatic N) is 1. The first-order chi connectivity index (χ1) is 19.4. The van der Waals surface area contributed by atoms with Gasteiger partial charge in [0.05, 0.1) is 19.9 Å². The Kier molecular flexibility index (Phi) is 11.1. The van der Waals surface area contributed by atoms with Crippen LogP contribution in [0, 0.1) is 0 Å². The first-order valence-corrected chi connectivity index (χ1v) is 12.2.